The van der Waals surface area contributed by atoms with Crippen LogP contribution < -0.4 is 5.56 Å². The number of hydrogen-bond acceptors (Lipinski definition) is 5. The number of aromatic nitrogens is 1. The van der Waals surface area contributed by atoms with Crippen LogP contribution in [0.3, 0.4) is 0 Å². The van der Waals surface area contributed by atoms with Gasteiger partial charge in [0.25, 0.3) is 5.56 Å². The van der Waals surface area contributed by atoms with E-state index in [0.29, 0.717) is 37.2 Å². The van der Waals surface area contributed by atoms with Crippen LogP contribution in [-0.2, 0) is 27.4 Å². The van der Waals surface area contributed by atoms with E-state index in [9.17, 15) is 9.59 Å². The number of morpholine rings is 1. The molecule has 7 nitrogen and oxygen atoms in total. The Kier molecular flexibility index (Phi) is 4.73. The highest BCUT2D eigenvalue weighted by atomic mass is 16.5. The topological polar surface area (TPSA) is 64.0 Å². The lowest BCUT2D eigenvalue weighted by atomic mass is 9.82. The lowest BCUT2D eigenvalue weighted by molar-refractivity contribution is -0.141. The molecule has 1 aromatic heterocycles. The van der Waals surface area contributed by atoms with Gasteiger partial charge in [0.05, 0.1) is 12.7 Å². The summed E-state index contributed by atoms with van der Waals surface area (Å²) in [6.45, 7) is 6.15. The molecule has 5 aliphatic heterocycles. The van der Waals surface area contributed by atoms with Gasteiger partial charge >= 0.3 is 0 Å². The van der Waals surface area contributed by atoms with Gasteiger partial charge in [-0.05, 0) is 37.7 Å². The van der Waals surface area contributed by atoms with Gasteiger partial charge in [-0.2, -0.15) is 0 Å². The number of likely N-dealkylation sites (tertiary alicyclic amines) is 2. The van der Waals surface area contributed by atoms with Gasteiger partial charge in [-0.1, -0.05) is 6.07 Å². The third kappa shape index (κ3) is 3.22. The molecule has 4 bridgehead atoms. The Labute approximate surface area is 176 Å². The lowest BCUT2D eigenvalue weighted by Crippen LogP contribution is -2.51. The van der Waals surface area contributed by atoms with E-state index in [1.54, 1.807) is 0 Å². The second-order valence-corrected chi connectivity index (χ2v) is 9.90. The Morgan fingerprint density at radius 3 is 2.70 bits per heavy atom. The number of carbonyl (C=O) groups is 1. The van der Waals surface area contributed by atoms with E-state index >= 15 is 0 Å². The molecule has 0 N–H and O–H groups in total. The Balaban J connectivity index is 1.20. The van der Waals surface area contributed by atoms with Crippen LogP contribution in [0.15, 0.2) is 16.9 Å². The summed E-state index contributed by atoms with van der Waals surface area (Å²) in [6.07, 6.45) is 4.23. The molecule has 5 aliphatic rings. The number of pyridine rings is 1. The highest BCUT2D eigenvalue weighted by molar-refractivity contribution is 5.79. The van der Waals surface area contributed by atoms with Gasteiger partial charge in [-0.25, -0.2) is 0 Å². The number of carbonyl (C=O) groups excluding carboxylic acids is 1. The Hall–Kier alpha value is -1.70. The zero-order valence-electron chi connectivity index (χ0n) is 17.5. The van der Waals surface area contributed by atoms with E-state index in [1.807, 2.05) is 10.6 Å². The first kappa shape index (κ1) is 19.0. The zero-order chi connectivity index (χ0) is 20.2. The van der Waals surface area contributed by atoms with Crippen molar-refractivity contribution < 1.29 is 14.3 Å². The van der Waals surface area contributed by atoms with Crippen LogP contribution in [0.5, 0.6) is 0 Å². The smallest absolute Gasteiger partial charge is 0.255 e. The minimum absolute atomic E-state index is 0.113. The number of piperidine rings is 1. The lowest BCUT2D eigenvalue weighted by Gasteiger charge is -2.44. The van der Waals surface area contributed by atoms with Gasteiger partial charge in [-0.15, -0.1) is 0 Å². The third-order valence-corrected chi connectivity index (χ3v) is 7.95. The van der Waals surface area contributed by atoms with Crippen LogP contribution in [0.2, 0.25) is 0 Å². The maximum atomic E-state index is 13.3. The molecule has 6 heterocycles. The number of ether oxygens (including phenoxy) is 2. The number of amides is 1. The third-order valence-electron chi connectivity index (χ3n) is 7.95. The summed E-state index contributed by atoms with van der Waals surface area (Å²) in [5.74, 6) is 1.07. The number of hydrogen-bond donors (Lipinski definition) is 0. The van der Waals surface area contributed by atoms with Crippen LogP contribution in [-0.4, -0.2) is 71.9 Å². The maximum Gasteiger partial charge on any atom is 0.255 e. The SMILES string of the molecule is O=C(C1CCOCC1)N1C[C@@H]2C[C@H](C1)c1ccc(CN3C[C@H]4C[C@@H]3CO4)c(=O)n1C2. The van der Waals surface area contributed by atoms with Crippen LogP contribution in [0.25, 0.3) is 0 Å². The monoisotopic (exact) mass is 413 g/mol. The van der Waals surface area contributed by atoms with Crippen molar-refractivity contribution in [2.75, 3.05) is 39.5 Å². The summed E-state index contributed by atoms with van der Waals surface area (Å²) in [7, 11) is 0. The van der Waals surface area contributed by atoms with Crippen LogP contribution in [0.1, 0.15) is 42.9 Å². The molecule has 1 amide bonds. The molecular weight excluding hydrogens is 382 g/mol. The van der Waals surface area contributed by atoms with Gasteiger partial charge in [0.2, 0.25) is 5.91 Å². The molecule has 4 fully saturated rings. The molecular formula is C23H31N3O4. The van der Waals surface area contributed by atoms with Gasteiger partial charge in [-0.3, -0.25) is 14.5 Å². The highest BCUT2D eigenvalue weighted by Gasteiger charge is 2.40. The van der Waals surface area contributed by atoms with Crippen molar-refractivity contribution in [3.8, 4) is 0 Å². The van der Waals surface area contributed by atoms with Gasteiger partial charge in [0, 0.05) is 75.1 Å². The summed E-state index contributed by atoms with van der Waals surface area (Å²) in [4.78, 5) is 30.9. The average molecular weight is 414 g/mol. The minimum atomic E-state index is 0.113. The van der Waals surface area contributed by atoms with Crippen molar-refractivity contribution >= 4 is 5.91 Å². The maximum absolute atomic E-state index is 13.3. The fraction of sp³-hybridized carbons (Fsp3) is 0.739. The van der Waals surface area contributed by atoms with Crippen molar-refractivity contribution in [3.63, 3.8) is 0 Å². The number of fused-ring (bicyclic) bond motifs is 6. The second kappa shape index (κ2) is 7.46. The molecule has 4 atom stereocenters. The molecule has 0 unspecified atom stereocenters. The van der Waals surface area contributed by atoms with Crippen molar-refractivity contribution in [2.24, 2.45) is 11.8 Å². The van der Waals surface area contributed by atoms with Crippen molar-refractivity contribution in [3.05, 3.63) is 33.7 Å². The summed E-state index contributed by atoms with van der Waals surface area (Å²) in [6, 6.07) is 4.67. The number of rotatable bonds is 3. The molecule has 30 heavy (non-hydrogen) atoms. The normalized spacial score (nSPS) is 33.7. The van der Waals surface area contributed by atoms with E-state index in [-0.39, 0.29) is 17.4 Å². The van der Waals surface area contributed by atoms with Crippen LogP contribution in [0.4, 0.5) is 0 Å². The van der Waals surface area contributed by atoms with Crippen LogP contribution >= 0.6 is 0 Å². The van der Waals surface area contributed by atoms with E-state index in [0.717, 1.165) is 76.3 Å². The average Bonchev–Trinajstić information content (AvgIpc) is 3.39. The van der Waals surface area contributed by atoms with E-state index in [4.69, 9.17) is 9.47 Å². The Morgan fingerprint density at radius 1 is 1.07 bits per heavy atom. The largest absolute Gasteiger partial charge is 0.381 e. The Morgan fingerprint density at radius 2 is 1.93 bits per heavy atom. The minimum Gasteiger partial charge on any atom is -0.381 e. The molecule has 0 aliphatic carbocycles. The quantitative estimate of drug-likeness (QED) is 0.745. The molecule has 6 rings (SSSR count). The molecule has 4 saturated heterocycles. The fourth-order valence-electron chi connectivity index (χ4n) is 6.39. The Bertz CT molecular complexity index is 893. The zero-order valence-corrected chi connectivity index (χ0v) is 17.5. The van der Waals surface area contributed by atoms with Crippen molar-refractivity contribution in [1.29, 1.82) is 0 Å². The van der Waals surface area contributed by atoms with Crippen molar-refractivity contribution in [2.45, 2.75) is 56.8 Å². The van der Waals surface area contributed by atoms with Crippen molar-refractivity contribution in [1.82, 2.24) is 14.4 Å². The molecule has 7 heteroatoms. The predicted octanol–water partition coefficient (Wildman–Crippen LogP) is 1.19. The number of nitrogens with zero attached hydrogens (tertiary/aromatic N) is 3. The first-order valence-electron chi connectivity index (χ1n) is 11.6. The molecule has 0 aromatic carbocycles. The molecule has 0 saturated carbocycles. The van der Waals surface area contributed by atoms with Crippen LogP contribution in [0, 0.1) is 11.8 Å². The van der Waals surface area contributed by atoms with Gasteiger partial charge in [0.1, 0.15) is 0 Å². The van der Waals surface area contributed by atoms with Gasteiger partial charge in [0.15, 0.2) is 0 Å². The molecule has 162 valence electrons. The summed E-state index contributed by atoms with van der Waals surface area (Å²) < 4.78 is 13.1. The van der Waals surface area contributed by atoms with E-state index in [2.05, 4.69) is 15.9 Å². The summed E-state index contributed by atoms with van der Waals surface area (Å²) in [5, 5.41) is 0. The summed E-state index contributed by atoms with van der Waals surface area (Å²) >= 11 is 0. The molecule has 0 spiro atoms. The fourth-order valence-corrected chi connectivity index (χ4v) is 6.39. The summed E-state index contributed by atoms with van der Waals surface area (Å²) in [5.41, 5.74) is 2.20. The van der Waals surface area contributed by atoms with E-state index in [1.165, 1.54) is 0 Å². The first-order chi connectivity index (χ1) is 14.7. The predicted molar refractivity (Wildman–Crippen MR) is 110 cm³/mol. The highest BCUT2D eigenvalue weighted by Crippen LogP contribution is 2.36. The van der Waals surface area contributed by atoms with E-state index < -0.39 is 0 Å². The molecule has 0 radical (unpaired) electrons. The standard InChI is InChI=1S/C23H31N3O4/c27-22(16-3-5-29-6-4-16)25-9-15-7-18(12-25)21-2-1-17(23(28)26(21)10-15)11-24-13-20-8-19(24)14-30-20/h1-2,15-16,18-20H,3-14H2/t15-,18+,19+,20+/m0/s1. The first-order valence-corrected chi connectivity index (χ1v) is 11.6. The second-order valence-electron chi connectivity index (χ2n) is 9.90. The molecule has 1 aromatic rings. The van der Waals surface area contributed by atoms with Gasteiger partial charge < -0.3 is 18.9 Å².